The summed E-state index contributed by atoms with van der Waals surface area (Å²) in [5.41, 5.74) is 7.95. The molecule has 23 heavy (non-hydrogen) atoms. The molecule has 1 unspecified atom stereocenters. The molecular formula is C16H20Cl2N4O. The van der Waals surface area contributed by atoms with E-state index in [0.717, 1.165) is 37.1 Å². The number of carbonyl (C=O) groups is 1. The molecule has 1 aromatic heterocycles. The van der Waals surface area contributed by atoms with E-state index in [2.05, 4.69) is 10.2 Å². The van der Waals surface area contributed by atoms with Crippen LogP contribution in [0.5, 0.6) is 0 Å². The first-order valence-electron chi connectivity index (χ1n) is 7.51. The molecule has 1 aliphatic rings. The summed E-state index contributed by atoms with van der Waals surface area (Å²) in [4.78, 5) is 14.5. The molecule has 3 rings (SSSR count). The number of carbonyl (C=O) groups excluding carboxylic acids is 1. The highest BCUT2D eigenvalue weighted by Gasteiger charge is 2.27. The largest absolute Gasteiger partial charge is 0.333 e. The Morgan fingerprint density at radius 2 is 2.09 bits per heavy atom. The van der Waals surface area contributed by atoms with Gasteiger partial charge in [-0.05, 0) is 37.5 Å². The van der Waals surface area contributed by atoms with Gasteiger partial charge in [0.2, 0.25) is 0 Å². The van der Waals surface area contributed by atoms with E-state index < -0.39 is 0 Å². The fourth-order valence-electron chi connectivity index (χ4n) is 2.87. The molecule has 2 heterocycles. The van der Waals surface area contributed by atoms with Crippen LogP contribution >= 0.6 is 24.0 Å². The van der Waals surface area contributed by atoms with E-state index in [1.165, 1.54) is 0 Å². The average molecular weight is 355 g/mol. The van der Waals surface area contributed by atoms with Gasteiger partial charge in [-0.3, -0.25) is 9.89 Å². The summed E-state index contributed by atoms with van der Waals surface area (Å²) in [6.07, 6.45) is 3.13. The van der Waals surface area contributed by atoms with E-state index in [1.807, 2.05) is 29.2 Å². The summed E-state index contributed by atoms with van der Waals surface area (Å²) in [6, 6.07) is 9.30. The highest BCUT2D eigenvalue weighted by molar-refractivity contribution is 6.30. The molecule has 0 bridgehead atoms. The van der Waals surface area contributed by atoms with Gasteiger partial charge < -0.3 is 10.6 Å². The minimum Gasteiger partial charge on any atom is -0.333 e. The van der Waals surface area contributed by atoms with Crippen LogP contribution in [0.2, 0.25) is 5.02 Å². The lowest BCUT2D eigenvalue weighted by atomic mass is 10.0. The van der Waals surface area contributed by atoms with Crippen LogP contribution in [0.15, 0.2) is 30.3 Å². The number of rotatable bonds is 3. The number of benzene rings is 1. The second-order valence-electron chi connectivity index (χ2n) is 5.56. The van der Waals surface area contributed by atoms with Crippen molar-refractivity contribution in [3.05, 3.63) is 41.0 Å². The van der Waals surface area contributed by atoms with Crippen molar-refractivity contribution in [1.29, 1.82) is 0 Å². The molecule has 0 radical (unpaired) electrons. The van der Waals surface area contributed by atoms with Crippen molar-refractivity contribution in [2.75, 3.05) is 13.1 Å². The number of piperidine rings is 1. The third-order valence-corrected chi connectivity index (χ3v) is 4.36. The zero-order valence-corrected chi connectivity index (χ0v) is 14.2. The van der Waals surface area contributed by atoms with Crippen LogP contribution in [-0.2, 0) is 0 Å². The first kappa shape index (κ1) is 17.8. The smallest absolute Gasteiger partial charge is 0.272 e. The van der Waals surface area contributed by atoms with Crippen molar-refractivity contribution >= 4 is 29.9 Å². The van der Waals surface area contributed by atoms with Crippen molar-refractivity contribution in [3.63, 3.8) is 0 Å². The molecule has 1 atom stereocenters. The average Bonchev–Trinajstić information content (AvgIpc) is 3.05. The lowest BCUT2D eigenvalue weighted by Crippen LogP contribution is -2.47. The summed E-state index contributed by atoms with van der Waals surface area (Å²) in [5.74, 6) is -0.0251. The minimum atomic E-state index is -0.0251. The lowest BCUT2D eigenvalue weighted by molar-refractivity contribution is 0.0617. The summed E-state index contributed by atoms with van der Waals surface area (Å²) < 4.78 is 0. The van der Waals surface area contributed by atoms with Crippen LogP contribution in [0.4, 0.5) is 0 Å². The van der Waals surface area contributed by atoms with Crippen LogP contribution in [0.25, 0.3) is 11.3 Å². The molecule has 0 aliphatic carbocycles. The van der Waals surface area contributed by atoms with E-state index in [1.54, 1.807) is 6.07 Å². The molecule has 7 heteroatoms. The van der Waals surface area contributed by atoms with Crippen LogP contribution in [0.3, 0.4) is 0 Å². The molecule has 2 aromatic rings. The molecule has 3 N–H and O–H groups in total. The Balaban J connectivity index is 0.00000192. The van der Waals surface area contributed by atoms with Crippen LogP contribution < -0.4 is 5.73 Å². The Morgan fingerprint density at radius 3 is 2.78 bits per heavy atom. The number of likely N-dealkylation sites (tertiary alicyclic amines) is 1. The first-order valence-corrected chi connectivity index (χ1v) is 7.89. The summed E-state index contributed by atoms with van der Waals surface area (Å²) in [6.45, 7) is 1.26. The standard InChI is InChI=1S/C16H19ClN4O.ClH/c17-12-6-4-11(5-7-12)14-9-15(20-19-14)16(22)21-8-2-1-3-13(21)10-18;/h4-7,9,13H,1-3,8,10,18H2,(H,19,20);1H. The van der Waals surface area contributed by atoms with Gasteiger partial charge >= 0.3 is 0 Å². The Morgan fingerprint density at radius 1 is 1.35 bits per heavy atom. The maximum atomic E-state index is 12.6. The molecule has 1 saturated heterocycles. The Hall–Kier alpha value is -1.56. The topological polar surface area (TPSA) is 75.0 Å². The molecule has 1 aromatic carbocycles. The van der Waals surface area contributed by atoms with Crippen molar-refractivity contribution < 1.29 is 4.79 Å². The Labute approximate surface area is 146 Å². The van der Waals surface area contributed by atoms with Gasteiger partial charge in [-0.2, -0.15) is 5.10 Å². The number of halogens is 2. The number of hydrogen-bond donors (Lipinski definition) is 2. The van der Waals surface area contributed by atoms with Crippen molar-refractivity contribution in [3.8, 4) is 11.3 Å². The van der Waals surface area contributed by atoms with Crippen LogP contribution in [0, 0.1) is 0 Å². The summed E-state index contributed by atoms with van der Waals surface area (Å²) in [5, 5.41) is 7.76. The zero-order chi connectivity index (χ0) is 15.5. The van der Waals surface area contributed by atoms with E-state index in [9.17, 15) is 4.79 Å². The second-order valence-corrected chi connectivity index (χ2v) is 5.99. The van der Waals surface area contributed by atoms with Gasteiger partial charge in [0, 0.05) is 29.7 Å². The second kappa shape index (κ2) is 7.81. The Bertz CT molecular complexity index is 656. The predicted molar refractivity (Wildman–Crippen MR) is 94.0 cm³/mol. The first-order chi connectivity index (χ1) is 10.7. The van der Waals surface area contributed by atoms with Gasteiger partial charge in [0.05, 0.1) is 5.69 Å². The molecule has 0 saturated carbocycles. The highest BCUT2D eigenvalue weighted by atomic mass is 35.5. The number of nitrogens with two attached hydrogens (primary N) is 1. The normalized spacial score (nSPS) is 17.7. The maximum absolute atomic E-state index is 12.6. The van der Waals surface area contributed by atoms with Gasteiger partial charge in [0.15, 0.2) is 0 Å². The third-order valence-electron chi connectivity index (χ3n) is 4.11. The molecule has 1 amide bonds. The Kier molecular flexibility index (Phi) is 6.04. The fourth-order valence-corrected chi connectivity index (χ4v) is 2.99. The number of nitrogens with one attached hydrogen (secondary N) is 1. The fraction of sp³-hybridized carbons (Fsp3) is 0.375. The zero-order valence-electron chi connectivity index (χ0n) is 12.7. The van der Waals surface area contributed by atoms with E-state index in [4.69, 9.17) is 17.3 Å². The van der Waals surface area contributed by atoms with Gasteiger partial charge in [-0.15, -0.1) is 12.4 Å². The molecule has 0 spiro atoms. The van der Waals surface area contributed by atoms with Crippen LogP contribution in [0.1, 0.15) is 29.8 Å². The number of nitrogens with zero attached hydrogens (tertiary/aromatic N) is 2. The number of aromatic nitrogens is 2. The summed E-state index contributed by atoms with van der Waals surface area (Å²) >= 11 is 5.89. The minimum absolute atomic E-state index is 0. The number of hydrogen-bond acceptors (Lipinski definition) is 3. The summed E-state index contributed by atoms with van der Waals surface area (Å²) in [7, 11) is 0. The number of amides is 1. The lowest BCUT2D eigenvalue weighted by Gasteiger charge is -2.34. The molecule has 1 fully saturated rings. The SMILES string of the molecule is Cl.NCC1CCCCN1C(=O)c1cc(-c2ccc(Cl)cc2)n[nH]1. The third kappa shape index (κ3) is 3.86. The van der Waals surface area contributed by atoms with Crippen molar-refractivity contribution in [1.82, 2.24) is 15.1 Å². The van der Waals surface area contributed by atoms with E-state index in [0.29, 0.717) is 17.3 Å². The molecular weight excluding hydrogens is 335 g/mol. The van der Waals surface area contributed by atoms with Crippen molar-refractivity contribution in [2.45, 2.75) is 25.3 Å². The number of aromatic amines is 1. The molecule has 5 nitrogen and oxygen atoms in total. The number of H-pyrrole nitrogens is 1. The van der Waals surface area contributed by atoms with E-state index >= 15 is 0 Å². The molecule has 1 aliphatic heterocycles. The molecule has 124 valence electrons. The highest BCUT2D eigenvalue weighted by Crippen LogP contribution is 2.22. The van der Waals surface area contributed by atoms with Crippen molar-refractivity contribution in [2.24, 2.45) is 5.73 Å². The van der Waals surface area contributed by atoms with Gasteiger partial charge in [0.25, 0.3) is 5.91 Å². The van der Waals surface area contributed by atoms with Crippen LogP contribution in [-0.4, -0.2) is 40.1 Å². The van der Waals surface area contributed by atoms with Gasteiger partial charge in [-0.25, -0.2) is 0 Å². The quantitative estimate of drug-likeness (QED) is 0.888. The van der Waals surface area contributed by atoms with Gasteiger partial charge in [-0.1, -0.05) is 23.7 Å². The van der Waals surface area contributed by atoms with E-state index in [-0.39, 0.29) is 24.4 Å². The maximum Gasteiger partial charge on any atom is 0.272 e. The predicted octanol–water partition coefficient (Wildman–Crippen LogP) is 3.11. The van der Waals surface area contributed by atoms with Gasteiger partial charge in [0.1, 0.15) is 5.69 Å². The monoisotopic (exact) mass is 354 g/mol.